The van der Waals surface area contributed by atoms with Crippen LogP contribution in [0.4, 0.5) is 0 Å². The monoisotopic (exact) mass is 322 g/mol. The minimum absolute atomic E-state index is 0.0768. The Bertz CT molecular complexity index is 968. The minimum atomic E-state index is -0.803. The van der Waals surface area contributed by atoms with Gasteiger partial charge in [0, 0.05) is 28.7 Å². The molecule has 2 aliphatic rings. The summed E-state index contributed by atoms with van der Waals surface area (Å²) in [4.78, 5) is 25.5. The zero-order chi connectivity index (χ0) is 17.2. The molecule has 0 radical (unpaired) electrons. The van der Waals surface area contributed by atoms with E-state index in [1.807, 2.05) is 0 Å². The number of rotatable bonds is 0. The van der Waals surface area contributed by atoms with Crippen LogP contribution in [-0.2, 0) is 6.42 Å². The molecule has 0 aliphatic heterocycles. The van der Waals surface area contributed by atoms with E-state index in [4.69, 9.17) is 0 Å². The molecule has 24 heavy (non-hydrogen) atoms. The molecule has 0 fully saturated rings. The number of aliphatic hydroxyl groups excluding tert-OH is 1. The van der Waals surface area contributed by atoms with Gasteiger partial charge in [-0.25, -0.2) is 0 Å². The standard InChI is InChI=1S/C19H14O5/c1-8-6-11-12(7-13(8)20)19(24)15-14(18(11)23)16(21)9-4-2-3-5-10(9)17(15)22/h2-6,13,20,23-24H,7H2,1H3. The first-order valence-electron chi connectivity index (χ1n) is 7.57. The highest BCUT2D eigenvalue weighted by Crippen LogP contribution is 2.45. The molecule has 0 saturated carbocycles. The average molecular weight is 322 g/mol. The van der Waals surface area contributed by atoms with Crippen molar-refractivity contribution in [3.63, 3.8) is 0 Å². The Balaban J connectivity index is 2.09. The Labute approximate surface area is 137 Å². The highest BCUT2D eigenvalue weighted by atomic mass is 16.3. The van der Waals surface area contributed by atoms with Crippen LogP contribution in [0, 0.1) is 0 Å². The van der Waals surface area contributed by atoms with Crippen molar-refractivity contribution in [2.24, 2.45) is 0 Å². The molecule has 0 amide bonds. The summed E-state index contributed by atoms with van der Waals surface area (Å²) in [6.07, 6.45) is 0.812. The molecule has 2 aromatic carbocycles. The number of ketones is 2. The molecular weight excluding hydrogens is 308 g/mol. The predicted octanol–water partition coefficient (Wildman–Crippen LogP) is 2.19. The van der Waals surface area contributed by atoms with Crippen molar-refractivity contribution in [3.05, 3.63) is 63.2 Å². The van der Waals surface area contributed by atoms with Gasteiger partial charge in [-0.05, 0) is 18.6 Å². The number of aromatic hydroxyl groups is 2. The molecule has 5 heteroatoms. The molecule has 4 rings (SSSR count). The Morgan fingerprint density at radius 3 is 2.08 bits per heavy atom. The molecule has 5 nitrogen and oxygen atoms in total. The van der Waals surface area contributed by atoms with Gasteiger partial charge >= 0.3 is 0 Å². The second-order valence-electron chi connectivity index (χ2n) is 6.15. The number of carbonyl (C=O) groups excluding carboxylic acids is 2. The maximum absolute atomic E-state index is 12.8. The lowest BCUT2D eigenvalue weighted by molar-refractivity contribution is 0.0973. The number of fused-ring (bicyclic) bond motifs is 3. The van der Waals surface area contributed by atoms with Crippen LogP contribution in [0.2, 0.25) is 0 Å². The first kappa shape index (κ1) is 14.7. The zero-order valence-electron chi connectivity index (χ0n) is 12.8. The molecule has 0 spiro atoms. The molecule has 1 unspecified atom stereocenters. The van der Waals surface area contributed by atoms with Crippen LogP contribution in [0.5, 0.6) is 11.5 Å². The fourth-order valence-electron chi connectivity index (χ4n) is 3.42. The van der Waals surface area contributed by atoms with Gasteiger partial charge in [0.2, 0.25) is 0 Å². The lowest BCUT2D eigenvalue weighted by atomic mass is 9.78. The molecule has 0 aromatic heterocycles. The first-order valence-corrected chi connectivity index (χ1v) is 7.57. The second kappa shape index (κ2) is 4.79. The molecule has 1 atom stereocenters. The third-order valence-electron chi connectivity index (χ3n) is 4.76. The summed E-state index contributed by atoms with van der Waals surface area (Å²) in [5.74, 6) is -1.66. The van der Waals surface area contributed by atoms with Gasteiger partial charge in [-0.2, -0.15) is 0 Å². The number of aliphatic hydroxyl groups is 1. The van der Waals surface area contributed by atoms with Crippen LogP contribution >= 0.6 is 0 Å². The van der Waals surface area contributed by atoms with Crippen molar-refractivity contribution < 1.29 is 24.9 Å². The Kier molecular flexibility index (Phi) is 2.92. The van der Waals surface area contributed by atoms with E-state index >= 15 is 0 Å². The zero-order valence-corrected chi connectivity index (χ0v) is 12.8. The van der Waals surface area contributed by atoms with E-state index in [0.29, 0.717) is 5.57 Å². The molecular formula is C19H14O5. The van der Waals surface area contributed by atoms with Crippen molar-refractivity contribution in [1.29, 1.82) is 0 Å². The summed E-state index contributed by atoms with van der Waals surface area (Å²) >= 11 is 0. The van der Waals surface area contributed by atoms with Crippen molar-refractivity contribution in [1.82, 2.24) is 0 Å². The maximum Gasteiger partial charge on any atom is 0.198 e. The molecule has 0 bridgehead atoms. The lowest BCUT2D eigenvalue weighted by Crippen LogP contribution is -2.24. The van der Waals surface area contributed by atoms with E-state index in [9.17, 15) is 24.9 Å². The number of phenols is 2. The van der Waals surface area contributed by atoms with Gasteiger partial charge in [0.1, 0.15) is 11.5 Å². The smallest absolute Gasteiger partial charge is 0.198 e. The second-order valence-corrected chi connectivity index (χ2v) is 6.15. The number of hydrogen-bond donors (Lipinski definition) is 3. The van der Waals surface area contributed by atoms with E-state index in [1.54, 1.807) is 19.1 Å². The summed E-state index contributed by atoms with van der Waals surface area (Å²) < 4.78 is 0. The highest BCUT2D eigenvalue weighted by Gasteiger charge is 2.38. The molecule has 0 heterocycles. The molecule has 2 aliphatic carbocycles. The average Bonchev–Trinajstić information content (AvgIpc) is 2.57. The van der Waals surface area contributed by atoms with Crippen LogP contribution in [0.3, 0.4) is 0 Å². The van der Waals surface area contributed by atoms with Crippen LogP contribution in [0.25, 0.3) is 6.08 Å². The van der Waals surface area contributed by atoms with Gasteiger partial charge in [0.25, 0.3) is 0 Å². The molecule has 0 saturated heterocycles. The first-order chi connectivity index (χ1) is 11.4. The largest absolute Gasteiger partial charge is 0.507 e. The van der Waals surface area contributed by atoms with E-state index in [0.717, 1.165) is 0 Å². The van der Waals surface area contributed by atoms with E-state index < -0.39 is 17.7 Å². The van der Waals surface area contributed by atoms with Gasteiger partial charge in [-0.3, -0.25) is 9.59 Å². The summed E-state index contributed by atoms with van der Waals surface area (Å²) in [5, 5.41) is 31.2. The van der Waals surface area contributed by atoms with Crippen molar-refractivity contribution in [2.45, 2.75) is 19.4 Å². The van der Waals surface area contributed by atoms with Gasteiger partial charge in [-0.15, -0.1) is 0 Å². The quantitative estimate of drug-likeness (QED) is 0.552. The summed E-state index contributed by atoms with van der Waals surface area (Å²) in [6, 6.07) is 6.33. The van der Waals surface area contributed by atoms with Crippen LogP contribution in [-0.4, -0.2) is 33.0 Å². The lowest BCUT2D eigenvalue weighted by Gasteiger charge is -2.26. The third kappa shape index (κ3) is 1.73. The van der Waals surface area contributed by atoms with E-state index in [-0.39, 0.29) is 51.3 Å². The van der Waals surface area contributed by atoms with Crippen molar-refractivity contribution in [2.75, 3.05) is 0 Å². The Morgan fingerprint density at radius 2 is 1.50 bits per heavy atom. The van der Waals surface area contributed by atoms with Gasteiger partial charge < -0.3 is 15.3 Å². The summed E-state index contributed by atoms with van der Waals surface area (Å²) in [6.45, 7) is 1.70. The fraction of sp³-hybridized carbons (Fsp3) is 0.158. The van der Waals surface area contributed by atoms with E-state index in [1.165, 1.54) is 18.2 Å². The molecule has 120 valence electrons. The van der Waals surface area contributed by atoms with Gasteiger partial charge in [0.05, 0.1) is 17.2 Å². The summed E-state index contributed by atoms with van der Waals surface area (Å²) in [7, 11) is 0. The highest BCUT2D eigenvalue weighted by molar-refractivity contribution is 6.30. The van der Waals surface area contributed by atoms with Gasteiger partial charge in [-0.1, -0.05) is 24.3 Å². The normalized spacial score (nSPS) is 18.6. The third-order valence-corrected chi connectivity index (χ3v) is 4.76. The van der Waals surface area contributed by atoms with Crippen molar-refractivity contribution in [3.8, 4) is 11.5 Å². The van der Waals surface area contributed by atoms with Gasteiger partial charge in [0.15, 0.2) is 11.6 Å². The number of hydrogen-bond acceptors (Lipinski definition) is 5. The van der Waals surface area contributed by atoms with Crippen LogP contribution < -0.4 is 0 Å². The number of carbonyl (C=O) groups is 2. The van der Waals surface area contributed by atoms with Crippen molar-refractivity contribution >= 4 is 17.6 Å². The molecule has 3 N–H and O–H groups in total. The van der Waals surface area contributed by atoms with Crippen LogP contribution in [0.15, 0.2) is 29.8 Å². The van der Waals surface area contributed by atoms with E-state index in [2.05, 4.69) is 0 Å². The van der Waals surface area contributed by atoms with Crippen LogP contribution in [0.1, 0.15) is 49.9 Å². The maximum atomic E-state index is 12.8. The predicted molar refractivity (Wildman–Crippen MR) is 86.4 cm³/mol. The fourth-order valence-corrected chi connectivity index (χ4v) is 3.42. The number of benzene rings is 2. The topological polar surface area (TPSA) is 94.8 Å². The number of phenolic OH excluding ortho intramolecular Hbond substituents is 2. The Hall–Kier alpha value is -2.92. The minimum Gasteiger partial charge on any atom is -0.507 e. The molecule has 2 aromatic rings. The summed E-state index contributed by atoms with van der Waals surface area (Å²) in [5.41, 5.74) is 1.24. The SMILES string of the molecule is CC1=Cc2c(O)c3c(c(O)c2CC1O)C(=O)c1ccccc1C3=O. The Morgan fingerprint density at radius 1 is 0.958 bits per heavy atom.